The van der Waals surface area contributed by atoms with Crippen molar-refractivity contribution < 1.29 is 24.2 Å². The molecule has 0 aromatic heterocycles. The number of thioether (sulfide) groups is 1. The van der Waals surface area contributed by atoms with Gasteiger partial charge in [0.1, 0.15) is 4.32 Å². The fourth-order valence-electron chi connectivity index (χ4n) is 2.38. The van der Waals surface area contributed by atoms with E-state index in [4.69, 9.17) is 12.2 Å². The lowest BCUT2D eigenvalue weighted by molar-refractivity contribution is -0.311. The Bertz CT molecular complexity index is 755. The second-order valence-corrected chi connectivity index (χ2v) is 7.35. The molecule has 0 aliphatic carbocycles. The van der Waals surface area contributed by atoms with Crippen LogP contribution in [-0.2, 0) is 14.3 Å². The van der Waals surface area contributed by atoms with Gasteiger partial charge in [-0.15, -0.1) is 0 Å². The van der Waals surface area contributed by atoms with Crippen molar-refractivity contribution in [1.82, 2.24) is 4.90 Å². The topological polar surface area (TPSA) is 86.7 Å². The summed E-state index contributed by atoms with van der Waals surface area (Å²) in [6.45, 7) is 3.38. The number of nitrogens with zero attached hydrogens (tertiary/aromatic N) is 1. The maximum atomic E-state index is 12.6. The van der Waals surface area contributed by atoms with Gasteiger partial charge in [-0.1, -0.05) is 50.0 Å². The number of benzene rings is 1. The molecule has 1 atom stereocenters. The number of hydrogen-bond donors (Lipinski definition) is 0. The summed E-state index contributed by atoms with van der Waals surface area (Å²) in [7, 11) is 1.30. The van der Waals surface area contributed by atoms with Gasteiger partial charge < -0.3 is 14.6 Å². The summed E-state index contributed by atoms with van der Waals surface area (Å²) in [5, 5.41) is 11.4. The van der Waals surface area contributed by atoms with Crippen LogP contribution < -0.4 is 5.11 Å². The summed E-state index contributed by atoms with van der Waals surface area (Å²) < 4.78 is 4.81. The Hall–Kier alpha value is -2.19. The lowest BCUT2D eigenvalue weighted by Gasteiger charge is -2.30. The smallest absolute Gasteiger partial charge is 0.337 e. The minimum absolute atomic E-state index is 0.185. The summed E-state index contributed by atoms with van der Waals surface area (Å²) in [5.74, 6) is -2.59. The minimum atomic E-state index is -1.34. The van der Waals surface area contributed by atoms with Crippen LogP contribution in [0.15, 0.2) is 29.2 Å². The van der Waals surface area contributed by atoms with Gasteiger partial charge in [0.25, 0.3) is 5.91 Å². The maximum absolute atomic E-state index is 12.6. The van der Waals surface area contributed by atoms with Crippen LogP contribution in [0.4, 0.5) is 0 Å². The van der Waals surface area contributed by atoms with E-state index < -0.39 is 23.9 Å². The molecule has 8 heteroatoms. The Morgan fingerprint density at radius 1 is 1.28 bits per heavy atom. The first kappa shape index (κ1) is 19.1. The molecule has 1 fully saturated rings. The summed E-state index contributed by atoms with van der Waals surface area (Å²) in [6, 6.07) is 5.38. The van der Waals surface area contributed by atoms with E-state index in [-0.39, 0.29) is 10.2 Å². The molecule has 6 nitrogen and oxygen atoms in total. The van der Waals surface area contributed by atoms with Gasteiger partial charge in [-0.05, 0) is 29.7 Å². The van der Waals surface area contributed by atoms with Crippen LogP contribution in [0.2, 0.25) is 0 Å². The number of carbonyl (C=O) groups excluding carboxylic acids is 3. The Kier molecular flexibility index (Phi) is 5.97. The predicted molar refractivity (Wildman–Crippen MR) is 96.4 cm³/mol. The molecular formula is C17H16NO5S2-. The summed E-state index contributed by atoms with van der Waals surface area (Å²) in [6.07, 6.45) is 1.60. The Labute approximate surface area is 154 Å². The zero-order valence-corrected chi connectivity index (χ0v) is 15.5. The van der Waals surface area contributed by atoms with Crippen LogP contribution in [0.25, 0.3) is 6.08 Å². The number of carbonyl (C=O) groups is 3. The summed E-state index contributed by atoms with van der Waals surface area (Å²) in [5.41, 5.74) is 1.08. The molecule has 0 saturated carbocycles. The van der Waals surface area contributed by atoms with Crippen LogP contribution in [0, 0.1) is 5.92 Å². The molecule has 1 saturated heterocycles. The van der Waals surface area contributed by atoms with Crippen molar-refractivity contribution in [3.63, 3.8) is 0 Å². The second-order valence-electron chi connectivity index (χ2n) is 5.67. The fraction of sp³-hybridized carbons (Fsp3) is 0.294. The molecule has 0 spiro atoms. The first-order chi connectivity index (χ1) is 11.8. The highest BCUT2D eigenvalue weighted by Crippen LogP contribution is 2.35. The van der Waals surface area contributed by atoms with Crippen molar-refractivity contribution in [3.8, 4) is 0 Å². The average molecular weight is 378 g/mol. The van der Waals surface area contributed by atoms with E-state index in [1.165, 1.54) is 7.11 Å². The van der Waals surface area contributed by atoms with E-state index in [9.17, 15) is 19.5 Å². The number of methoxy groups -OCH3 is 1. The molecule has 1 aliphatic rings. The lowest BCUT2D eigenvalue weighted by atomic mass is 10.0. The first-order valence-corrected chi connectivity index (χ1v) is 8.65. The van der Waals surface area contributed by atoms with Crippen molar-refractivity contribution in [2.45, 2.75) is 19.9 Å². The number of carboxylic acid groups (broad SMARTS) is 1. The van der Waals surface area contributed by atoms with Gasteiger partial charge in [-0.2, -0.15) is 0 Å². The van der Waals surface area contributed by atoms with Gasteiger partial charge in [0.05, 0.1) is 29.6 Å². The standard InChI is InChI=1S/C17H17NO5S2/c1-9(2)13(15(20)21)18-14(19)12(25-17(18)24)8-10-4-6-11(7-5-10)16(22)23-3/h4-9,13H,1-3H3,(H,20,21)/p-1/b12-8-/t13-/m1/s1. The van der Waals surface area contributed by atoms with Crippen LogP contribution in [-0.4, -0.2) is 40.2 Å². The Balaban J connectivity index is 2.28. The van der Waals surface area contributed by atoms with Crippen LogP contribution in [0.1, 0.15) is 29.8 Å². The van der Waals surface area contributed by atoms with Crippen molar-refractivity contribution in [2.75, 3.05) is 7.11 Å². The van der Waals surface area contributed by atoms with E-state index in [2.05, 4.69) is 4.74 Å². The number of rotatable bonds is 5. The number of thiocarbonyl (C=S) groups is 1. The number of hydrogen-bond acceptors (Lipinski definition) is 7. The number of esters is 1. The lowest BCUT2D eigenvalue weighted by Crippen LogP contribution is -2.52. The zero-order chi connectivity index (χ0) is 18.7. The molecule has 1 aromatic carbocycles. The molecule has 1 aromatic rings. The molecule has 0 radical (unpaired) electrons. The maximum Gasteiger partial charge on any atom is 0.337 e. The number of aliphatic carboxylic acids is 1. The van der Waals surface area contributed by atoms with Crippen LogP contribution >= 0.6 is 24.0 Å². The molecule has 2 rings (SSSR count). The number of carboxylic acids is 1. The highest BCUT2D eigenvalue weighted by atomic mass is 32.2. The Morgan fingerprint density at radius 3 is 2.36 bits per heavy atom. The van der Waals surface area contributed by atoms with E-state index in [0.717, 1.165) is 16.7 Å². The number of ether oxygens (including phenoxy) is 1. The molecule has 25 heavy (non-hydrogen) atoms. The summed E-state index contributed by atoms with van der Waals surface area (Å²) in [4.78, 5) is 36.8. The van der Waals surface area contributed by atoms with Gasteiger partial charge >= 0.3 is 5.97 Å². The monoisotopic (exact) mass is 378 g/mol. The van der Waals surface area contributed by atoms with Gasteiger partial charge in [0.15, 0.2) is 0 Å². The highest BCUT2D eigenvalue weighted by molar-refractivity contribution is 8.26. The average Bonchev–Trinajstić information content (AvgIpc) is 2.82. The van der Waals surface area contributed by atoms with Crippen molar-refractivity contribution in [3.05, 3.63) is 40.3 Å². The molecule has 0 bridgehead atoms. The molecule has 1 aliphatic heterocycles. The van der Waals surface area contributed by atoms with E-state index in [1.807, 2.05) is 0 Å². The SMILES string of the molecule is COC(=O)c1ccc(/C=C2\SC(=S)N([C@@H](C(=O)[O-])C(C)C)C2=O)cc1. The van der Waals surface area contributed by atoms with E-state index >= 15 is 0 Å². The Morgan fingerprint density at radius 2 is 1.88 bits per heavy atom. The quantitative estimate of drug-likeness (QED) is 0.435. The van der Waals surface area contributed by atoms with Gasteiger partial charge in [0, 0.05) is 0 Å². The second kappa shape index (κ2) is 7.79. The molecule has 0 N–H and O–H groups in total. The van der Waals surface area contributed by atoms with Gasteiger partial charge in [-0.25, -0.2) is 4.79 Å². The number of amides is 1. The predicted octanol–water partition coefficient (Wildman–Crippen LogP) is 1.45. The van der Waals surface area contributed by atoms with Gasteiger partial charge in [-0.3, -0.25) is 9.69 Å². The third-order valence-electron chi connectivity index (χ3n) is 3.60. The first-order valence-electron chi connectivity index (χ1n) is 7.42. The molecular weight excluding hydrogens is 362 g/mol. The van der Waals surface area contributed by atoms with Crippen LogP contribution in [0.5, 0.6) is 0 Å². The third kappa shape index (κ3) is 4.08. The fourth-order valence-corrected chi connectivity index (χ4v) is 3.71. The van der Waals surface area contributed by atoms with E-state index in [1.54, 1.807) is 44.2 Å². The molecule has 1 amide bonds. The summed E-state index contributed by atoms with van der Waals surface area (Å²) >= 11 is 6.21. The molecule has 1 heterocycles. The van der Waals surface area contributed by atoms with Crippen LogP contribution in [0.3, 0.4) is 0 Å². The third-order valence-corrected chi connectivity index (χ3v) is 4.93. The van der Waals surface area contributed by atoms with E-state index in [0.29, 0.717) is 16.0 Å². The molecule has 132 valence electrons. The van der Waals surface area contributed by atoms with Crippen molar-refractivity contribution in [2.24, 2.45) is 5.92 Å². The zero-order valence-electron chi connectivity index (χ0n) is 13.8. The van der Waals surface area contributed by atoms with Crippen molar-refractivity contribution in [1.29, 1.82) is 0 Å². The minimum Gasteiger partial charge on any atom is -0.548 e. The largest absolute Gasteiger partial charge is 0.548 e. The van der Waals surface area contributed by atoms with Crippen molar-refractivity contribution >= 4 is 52.2 Å². The highest BCUT2D eigenvalue weighted by Gasteiger charge is 2.38. The molecule has 0 unspecified atom stereocenters. The van der Waals surface area contributed by atoms with Gasteiger partial charge in [0.2, 0.25) is 0 Å². The normalized spacial score (nSPS) is 17.3.